The van der Waals surface area contributed by atoms with Gasteiger partial charge in [-0.2, -0.15) is 11.3 Å². The van der Waals surface area contributed by atoms with Gasteiger partial charge in [-0.05, 0) is 32.3 Å². The zero-order valence-electron chi connectivity index (χ0n) is 10.1. The Morgan fingerprint density at radius 1 is 1.44 bits per heavy atom. The summed E-state index contributed by atoms with van der Waals surface area (Å²) in [5.41, 5.74) is 4.02. The van der Waals surface area contributed by atoms with Crippen molar-refractivity contribution in [1.82, 2.24) is 5.43 Å². The lowest BCUT2D eigenvalue weighted by molar-refractivity contribution is -0.0120. The molecule has 0 aliphatic carbocycles. The van der Waals surface area contributed by atoms with Crippen molar-refractivity contribution in [2.75, 3.05) is 7.11 Å². The Morgan fingerprint density at radius 2 is 2.06 bits per heavy atom. The van der Waals surface area contributed by atoms with Gasteiger partial charge in [0.2, 0.25) is 0 Å². The number of ether oxygens (including phenoxy) is 1. The van der Waals surface area contributed by atoms with Crippen LogP contribution in [-0.2, 0) is 4.74 Å². The Morgan fingerprint density at radius 3 is 2.38 bits per heavy atom. The summed E-state index contributed by atoms with van der Waals surface area (Å²) in [5, 5.41) is 4.14. The Bertz CT molecular complexity index is 335. The monoisotopic (exact) mass is 306 g/mol. The van der Waals surface area contributed by atoms with Gasteiger partial charge >= 0.3 is 0 Å². The average Bonchev–Trinajstić information content (AvgIpc) is 2.58. The zero-order chi connectivity index (χ0) is 12.3. The highest BCUT2D eigenvalue weighted by Gasteiger charge is 2.34. The summed E-state index contributed by atoms with van der Waals surface area (Å²) < 4.78 is 6.66. The van der Waals surface area contributed by atoms with Crippen LogP contribution < -0.4 is 11.3 Å². The molecule has 0 bridgehead atoms. The number of hydrogen-bond donors (Lipinski definition) is 2. The van der Waals surface area contributed by atoms with Crippen LogP contribution in [0, 0.1) is 5.41 Å². The third-order valence-corrected chi connectivity index (χ3v) is 4.32. The van der Waals surface area contributed by atoms with Crippen LogP contribution in [-0.4, -0.2) is 13.2 Å². The predicted molar refractivity (Wildman–Crippen MR) is 72.3 cm³/mol. The molecule has 1 aromatic heterocycles. The molecule has 0 aliphatic heterocycles. The molecule has 0 spiro atoms. The van der Waals surface area contributed by atoms with E-state index in [-0.39, 0.29) is 17.6 Å². The fraction of sp³-hybridized carbons (Fsp3) is 0.636. The molecule has 16 heavy (non-hydrogen) atoms. The van der Waals surface area contributed by atoms with Gasteiger partial charge in [-0.1, -0.05) is 20.8 Å². The summed E-state index contributed by atoms with van der Waals surface area (Å²) in [7, 11) is 1.72. The minimum atomic E-state index is -0.00868. The molecule has 92 valence electrons. The van der Waals surface area contributed by atoms with Crippen LogP contribution in [0.2, 0.25) is 0 Å². The highest BCUT2D eigenvalue weighted by Crippen LogP contribution is 2.36. The molecule has 0 fully saturated rings. The number of halogens is 1. The van der Waals surface area contributed by atoms with Gasteiger partial charge in [0.15, 0.2) is 0 Å². The predicted octanol–water partition coefficient (Wildman–Crippen LogP) is 3.08. The van der Waals surface area contributed by atoms with Crippen molar-refractivity contribution in [3.8, 4) is 0 Å². The van der Waals surface area contributed by atoms with Crippen molar-refractivity contribution in [1.29, 1.82) is 0 Å². The topological polar surface area (TPSA) is 47.3 Å². The van der Waals surface area contributed by atoms with Crippen LogP contribution in [0.4, 0.5) is 0 Å². The van der Waals surface area contributed by atoms with E-state index in [1.54, 1.807) is 18.4 Å². The fourth-order valence-electron chi connectivity index (χ4n) is 1.84. The zero-order valence-corrected chi connectivity index (χ0v) is 12.5. The van der Waals surface area contributed by atoms with Crippen molar-refractivity contribution in [3.05, 3.63) is 20.8 Å². The quantitative estimate of drug-likeness (QED) is 0.664. The van der Waals surface area contributed by atoms with Crippen LogP contribution in [0.25, 0.3) is 0 Å². The lowest BCUT2D eigenvalue weighted by Crippen LogP contribution is -2.44. The largest absolute Gasteiger partial charge is 0.379 e. The third-order valence-electron chi connectivity index (χ3n) is 2.57. The maximum absolute atomic E-state index is 5.66. The molecule has 0 amide bonds. The Hall–Kier alpha value is 0.0600. The normalized spacial score (nSPS) is 16.1. The van der Waals surface area contributed by atoms with Crippen molar-refractivity contribution >= 4 is 27.3 Å². The maximum atomic E-state index is 5.66. The standard InChI is InChI=1S/C11H19BrN2OS/c1-11(2,3)10(15-4)9(14-13)7-5-16-6-8(7)12/h5-6,9-10,14H,13H2,1-4H3. The van der Waals surface area contributed by atoms with E-state index in [4.69, 9.17) is 10.6 Å². The van der Waals surface area contributed by atoms with E-state index < -0.39 is 0 Å². The van der Waals surface area contributed by atoms with Crippen LogP contribution >= 0.6 is 27.3 Å². The summed E-state index contributed by atoms with van der Waals surface area (Å²) in [6.45, 7) is 6.43. The van der Waals surface area contributed by atoms with E-state index in [0.29, 0.717) is 0 Å². The number of thiophene rings is 1. The molecule has 1 aromatic rings. The molecular weight excluding hydrogens is 288 g/mol. The number of nitrogens with two attached hydrogens (primary N) is 1. The molecule has 0 radical (unpaired) electrons. The van der Waals surface area contributed by atoms with Crippen LogP contribution in [0.1, 0.15) is 32.4 Å². The Kier molecular flexibility index (Phi) is 4.94. The molecule has 2 unspecified atom stereocenters. The summed E-state index contributed by atoms with van der Waals surface area (Å²) in [6, 6.07) is -0.00868. The van der Waals surface area contributed by atoms with Gasteiger partial charge < -0.3 is 4.74 Å². The first-order valence-electron chi connectivity index (χ1n) is 5.12. The fourth-order valence-corrected chi connectivity index (χ4v) is 3.42. The second-order valence-corrected chi connectivity index (χ2v) is 6.44. The van der Waals surface area contributed by atoms with Crippen LogP contribution in [0.3, 0.4) is 0 Å². The van der Waals surface area contributed by atoms with Gasteiger partial charge in [-0.25, -0.2) is 0 Å². The second kappa shape index (κ2) is 5.60. The van der Waals surface area contributed by atoms with Crippen molar-refractivity contribution in [3.63, 3.8) is 0 Å². The van der Waals surface area contributed by atoms with Gasteiger partial charge in [-0.3, -0.25) is 11.3 Å². The Balaban J connectivity index is 3.02. The molecule has 3 nitrogen and oxygen atoms in total. The van der Waals surface area contributed by atoms with Crippen molar-refractivity contribution < 1.29 is 4.74 Å². The molecule has 0 saturated carbocycles. The minimum absolute atomic E-state index is 0.00868. The maximum Gasteiger partial charge on any atom is 0.0827 e. The SMILES string of the molecule is COC(C(NN)c1cscc1Br)C(C)(C)C. The molecule has 0 aromatic carbocycles. The number of nitrogens with one attached hydrogen (secondary N) is 1. The molecule has 1 heterocycles. The van der Waals surface area contributed by atoms with Crippen molar-refractivity contribution in [2.24, 2.45) is 11.3 Å². The van der Waals surface area contributed by atoms with Gasteiger partial charge in [0.1, 0.15) is 0 Å². The average molecular weight is 307 g/mol. The summed E-state index contributed by atoms with van der Waals surface area (Å²) in [4.78, 5) is 0. The minimum Gasteiger partial charge on any atom is -0.379 e. The number of rotatable bonds is 4. The highest BCUT2D eigenvalue weighted by atomic mass is 79.9. The van der Waals surface area contributed by atoms with Gasteiger partial charge in [0.05, 0.1) is 12.1 Å². The lowest BCUT2D eigenvalue weighted by atomic mass is 9.83. The molecule has 1 rings (SSSR count). The Labute approximate surface area is 109 Å². The molecule has 0 aliphatic rings. The number of methoxy groups -OCH3 is 1. The molecule has 0 saturated heterocycles. The van der Waals surface area contributed by atoms with E-state index >= 15 is 0 Å². The highest BCUT2D eigenvalue weighted by molar-refractivity contribution is 9.10. The molecule has 3 N–H and O–H groups in total. The van der Waals surface area contributed by atoms with E-state index in [1.807, 2.05) is 0 Å². The second-order valence-electron chi connectivity index (χ2n) is 4.84. The van der Waals surface area contributed by atoms with Gasteiger partial charge in [0, 0.05) is 17.0 Å². The molecule has 5 heteroatoms. The number of hydrogen-bond acceptors (Lipinski definition) is 4. The summed E-state index contributed by atoms with van der Waals surface area (Å²) in [6.07, 6.45) is 0.0170. The lowest BCUT2D eigenvalue weighted by Gasteiger charge is -2.35. The van der Waals surface area contributed by atoms with Crippen LogP contribution in [0.5, 0.6) is 0 Å². The van der Waals surface area contributed by atoms with E-state index in [1.165, 1.54) is 0 Å². The molecule has 2 atom stereocenters. The van der Waals surface area contributed by atoms with Crippen LogP contribution in [0.15, 0.2) is 15.2 Å². The third kappa shape index (κ3) is 3.05. The first kappa shape index (κ1) is 14.1. The number of hydrazine groups is 1. The molecular formula is C11H19BrN2OS. The van der Waals surface area contributed by atoms with E-state index in [2.05, 4.69) is 52.9 Å². The first-order chi connectivity index (χ1) is 7.41. The summed E-state index contributed by atoms with van der Waals surface area (Å²) >= 11 is 5.18. The van der Waals surface area contributed by atoms with Gasteiger partial charge in [0.25, 0.3) is 0 Å². The van der Waals surface area contributed by atoms with E-state index in [9.17, 15) is 0 Å². The van der Waals surface area contributed by atoms with Crippen molar-refractivity contribution in [2.45, 2.75) is 32.9 Å². The summed E-state index contributed by atoms with van der Waals surface area (Å²) in [5.74, 6) is 5.66. The van der Waals surface area contributed by atoms with E-state index in [0.717, 1.165) is 10.0 Å². The first-order valence-corrected chi connectivity index (χ1v) is 6.86. The smallest absolute Gasteiger partial charge is 0.0827 e. The van der Waals surface area contributed by atoms with Gasteiger partial charge in [-0.15, -0.1) is 0 Å².